The Morgan fingerprint density at radius 2 is 1.64 bits per heavy atom. The highest BCUT2D eigenvalue weighted by Crippen LogP contribution is 2.23. The first-order valence-electron chi connectivity index (χ1n) is 8.69. The second-order valence-corrected chi connectivity index (χ2v) is 8.30. The summed E-state index contributed by atoms with van der Waals surface area (Å²) >= 11 is 0. The number of sulfonamides is 1. The Morgan fingerprint density at radius 1 is 1.04 bits per heavy atom. The number of hydrogen-bond acceptors (Lipinski definition) is 5. The first-order chi connectivity index (χ1) is 13.3. The summed E-state index contributed by atoms with van der Waals surface area (Å²) in [7, 11) is -3.71. The minimum atomic E-state index is -3.71. The normalized spacial score (nSPS) is 15.2. The summed E-state index contributed by atoms with van der Waals surface area (Å²) in [5.74, 6) is -1.01. The van der Waals surface area contributed by atoms with Crippen LogP contribution >= 0.6 is 0 Å². The van der Waals surface area contributed by atoms with E-state index in [9.17, 15) is 18.0 Å². The maximum Gasteiger partial charge on any atom is 0.255 e. The number of rotatable bonds is 5. The molecule has 0 aromatic heterocycles. The van der Waals surface area contributed by atoms with Crippen LogP contribution in [-0.2, 0) is 14.8 Å². The number of hydrogen-bond donors (Lipinski definition) is 2. The quantitative estimate of drug-likeness (QED) is 0.781. The molecule has 1 aliphatic rings. The van der Waals surface area contributed by atoms with E-state index in [2.05, 4.69) is 5.32 Å². The molecule has 2 amide bonds. The number of ether oxygens (including phenoxy) is 1. The Morgan fingerprint density at radius 3 is 2.25 bits per heavy atom. The molecular weight excluding hydrogens is 382 g/mol. The van der Waals surface area contributed by atoms with Gasteiger partial charge < -0.3 is 15.8 Å². The van der Waals surface area contributed by atoms with Crippen molar-refractivity contribution in [3.8, 4) is 0 Å². The van der Waals surface area contributed by atoms with Crippen LogP contribution in [0.15, 0.2) is 47.4 Å². The Balaban J connectivity index is 1.83. The molecule has 1 saturated heterocycles. The number of aryl methyl sites for hydroxylation is 1. The molecule has 0 aliphatic carbocycles. The van der Waals surface area contributed by atoms with Crippen LogP contribution in [0.2, 0.25) is 0 Å². The molecule has 0 spiro atoms. The number of benzene rings is 2. The standard InChI is InChI=1S/C19H21N3O5S/c1-13-2-3-15(12-17(13)28(25,26)22-8-10-27-11-9-22)19(24)21-16-6-4-14(5-7-16)18(20)23/h2-7,12H,8-11H2,1H3,(H2,20,23)(H,21,24). The molecule has 2 aromatic rings. The van der Waals surface area contributed by atoms with Crippen LogP contribution in [0.4, 0.5) is 5.69 Å². The molecule has 1 aliphatic heterocycles. The molecule has 0 saturated carbocycles. The number of nitrogens with one attached hydrogen (secondary N) is 1. The predicted molar refractivity (Wildman–Crippen MR) is 104 cm³/mol. The van der Waals surface area contributed by atoms with Crippen LogP contribution in [0, 0.1) is 6.92 Å². The fraction of sp³-hybridized carbons (Fsp3) is 0.263. The summed E-state index contributed by atoms with van der Waals surface area (Å²) in [5, 5.41) is 2.68. The number of primary amides is 1. The van der Waals surface area contributed by atoms with Gasteiger partial charge in [0.05, 0.1) is 18.1 Å². The SMILES string of the molecule is Cc1ccc(C(=O)Nc2ccc(C(N)=O)cc2)cc1S(=O)(=O)N1CCOCC1. The third-order valence-electron chi connectivity index (χ3n) is 4.47. The lowest BCUT2D eigenvalue weighted by Crippen LogP contribution is -2.40. The summed E-state index contributed by atoms with van der Waals surface area (Å²) < 4.78 is 32.5. The smallest absolute Gasteiger partial charge is 0.255 e. The molecule has 3 rings (SSSR count). The van der Waals surface area contributed by atoms with E-state index in [1.165, 1.54) is 22.5 Å². The average Bonchev–Trinajstić information content (AvgIpc) is 2.69. The molecule has 0 bridgehead atoms. The Kier molecular flexibility index (Phi) is 5.78. The summed E-state index contributed by atoms with van der Waals surface area (Å²) in [6.07, 6.45) is 0. The number of carbonyl (C=O) groups is 2. The molecule has 1 heterocycles. The van der Waals surface area contributed by atoms with Gasteiger partial charge in [-0.05, 0) is 48.9 Å². The van der Waals surface area contributed by atoms with E-state index in [-0.39, 0.29) is 23.5 Å². The Labute approximate surface area is 163 Å². The van der Waals surface area contributed by atoms with Crippen molar-refractivity contribution in [3.05, 3.63) is 59.2 Å². The Hall–Kier alpha value is -2.75. The molecule has 1 fully saturated rings. The van der Waals surface area contributed by atoms with E-state index in [0.717, 1.165) is 0 Å². The Bertz CT molecular complexity index is 997. The van der Waals surface area contributed by atoms with Crippen LogP contribution in [-0.4, -0.2) is 50.8 Å². The molecule has 8 nitrogen and oxygen atoms in total. The number of morpholine rings is 1. The highest BCUT2D eigenvalue weighted by molar-refractivity contribution is 7.89. The van der Waals surface area contributed by atoms with Gasteiger partial charge in [0.15, 0.2) is 0 Å². The third-order valence-corrected chi connectivity index (χ3v) is 6.51. The van der Waals surface area contributed by atoms with Gasteiger partial charge in [0, 0.05) is 29.9 Å². The zero-order chi connectivity index (χ0) is 20.3. The van der Waals surface area contributed by atoms with E-state index in [1.807, 2.05) is 0 Å². The fourth-order valence-electron chi connectivity index (χ4n) is 2.87. The predicted octanol–water partition coefficient (Wildman–Crippen LogP) is 1.37. The van der Waals surface area contributed by atoms with E-state index in [0.29, 0.717) is 30.0 Å². The van der Waals surface area contributed by atoms with Crippen LogP contribution in [0.3, 0.4) is 0 Å². The topological polar surface area (TPSA) is 119 Å². The number of nitrogens with zero attached hydrogens (tertiary/aromatic N) is 1. The fourth-order valence-corrected chi connectivity index (χ4v) is 4.53. The van der Waals surface area contributed by atoms with Crippen molar-refractivity contribution >= 4 is 27.5 Å². The van der Waals surface area contributed by atoms with Crippen LogP contribution < -0.4 is 11.1 Å². The summed E-state index contributed by atoms with van der Waals surface area (Å²) in [5.41, 5.74) is 6.77. The van der Waals surface area contributed by atoms with E-state index in [1.54, 1.807) is 31.2 Å². The van der Waals surface area contributed by atoms with Gasteiger partial charge in [-0.3, -0.25) is 9.59 Å². The van der Waals surface area contributed by atoms with Gasteiger partial charge in [0.25, 0.3) is 5.91 Å². The maximum absolute atomic E-state index is 12.9. The minimum absolute atomic E-state index is 0.103. The van der Waals surface area contributed by atoms with Crippen LogP contribution in [0.1, 0.15) is 26.3 Å². The van der Waals surface area contributed by atoms with Crippen molar-refractivity contribution in [2.24, 2.45) is 5.73 Å². The van der Waals surface area contributed by atoms with Crippen molar-refractivity contribution in [2.45, 2.75) is 11.8 Å². The van der Waals surface area contributed by atoms with Gasteiger partial charge in [-0.15, -0.1) is 0 Å². The van der Waals surface area contributed by atoms with Gasteiger partial charge in [-0.25, -0.2) is 8.42 Å². The van der Waals surface area contributed by atoms with Crippen molar-refractivity contribution in [3.63, 3.8) is 0 Å². The number of amides is 2. The molecule has 9 heteroatoms. The first kappa shape index (κ1) is 20.0. The van der Waals surface area contributed by atoms with Crippen LogP contribution in [0.5, 0.6) is 0 Å². The monoisotopic (exact) mass is 403 g/mol. The maximum atomic E-state index is 12.9. The molecule has 3 N–H and O–H groups in total. The number of nitrogens with two attached hydrogens (primary N) is 1. The summed E-state index contributed by atoms with van der Waals surface area (Å²) in [6.45, 7) is 2.95. The van der Waals surface area contributed by atoms with Crippen LogP contribution in [0.25, 0.3) is 0 Å². The second-order valence-electron chi connectivity index (χ2n) is 6.39. The van der Waals surface area contributed by atoms with Crippen molar-refractivity contribution in [1.29, 1.82) is 0 Å². The second kappa shape index (κ2) is 8.09. The molecule has 148 valence electrons. The molecular formula is C19H21N3O5S. The van der Waals surface area contributed by atoms with E-state index >= 15 is 0 Å². The first-order valence-corrected chi connectivity index (χ1v) is 10.1. The summed E-state index contributed by atoms with van der Waals surface area (Å²) in [6, 6.07) is 10.7. The van der Waals surface area contributed by atoms with Gasteiger partial charge in [0.1, 0.15) is 0 Å². The summed E-state index contributed by atoms with van der Waals surface area (Å²) in [4.78, 5) is 23.8. The lowest BCUT2D eigenvalue weighted by molar-refractivity contribution is 0.0730. The van der Waals surface area contributed by atoms with E-state index < -0.39 is 21.8 Å². The minimum Gasteiger partial charge on any atom is -0.379 e. The van der Waals surface area contributed by atoms with Crippen molar-refractivity contribution < 1.29 is 22.7 Å². The molecule has 0 unspecified atom stereocenters. The molecule has 0 atom stereocenters. The zero-order valence-electron chi connectivity index (χ0n) is 15.3. The van der Waals surface area contributed by atoms with E-state index in [4.69, 9.17) is 10.5 Å². The van der Waals surface area contributed by atoms with Gasteiger partial charge in [0.2, 0.25) is 15.9 Å². The third kappa shape index (κ3) is 4.22. The highest BCUT2D eigenvalue weighted by atomic mass is 32.2. The molecule has 2 aromatic carbocycles. The van der Waals surface area contributed by atoms with Gasteiger partial charge in [-0.1, -0.05) is 6.07 Å². The number of carbonyl (C=O) groups excluding carboxylic acids is 2. The largest absolute Gasteiger partial charge is 0.379 e. The van der Waals surface area contributed by atoms with Crippen molar-refractivity contribution in [2.75, 3.05) is 31.6 Å². The molecule has 0 radical (unpaired) electrons. The average molecular weight is 403 g/mol. The zero-order valence-corrected chi connectivity index (χ0v) is 16.2. The molecule has 28 heavy (non-hydrogen) atoms. The lowest BCUT2D eigenvalue weighted by atomic mass is 10.1. The lowest BCUT2D eigenvalue weighted by Gasteiger charge is -2.26. The number of anilines is 1. The van der Waals surface area contributed by atoms with Gasteiger partial charge in [-0.2, -0.15) is 4.31 Å². The van der Waals surface area contributed by atoms with Crippen molar-refractivity contribution in [1.82, 2.24) is 4.31 Å². The highest BCUT2D eigenvalue weighted by Gasteiger charge is 2.28. The van der Waals surface area contributed by atoms with Gasteiger partial charge >= 0.3 is 0 Å².